The molecule has 0 saturated carbocycles. The largest absolute Gasteiger partial charge is 0.416 e. The van der Waals surface area contributed by atoms with E-state index in [0.29, 0.717) is 80.9 Å². The van der Waals surface area contributed by atoms with E-state index in [9.17, 15) is 52.7 Å². The molecule has 0 radical (unpaired) electrons. The molecule has 3 aromatic carbocycles. The molecule has 1 N–H and O–H groups in total. The summed E-state index contributed by atoms with van der Waals surface area (Å²) in [5.74, 6) is 0. The molecule has 1 aliphatic rings. The van der Waals surface area contributed by atoms with Gasteiger partial charge in [-0.25, -0.2) is 0 Å². The molecule has 1 aliphatic heterocycles. The SMILES string of the molecule is CCCC[Si](CCCC)(CCCC)OC(c1cc(C(F)(F)F)cc(C(F)(F)F)c1)(c1cc(C(F)(F)F)cc(C(F)(F)F)c1)[C@@H]1C[C@H](OCc2ccccc2)CN1. The lowest BCUT2D eigenvalue weighted by Gasteiger charge is -2.48. The quantitative estimate of drug-likeness (QED) is 0.109. The number of hydrogen-bond donors (Lipinski definition) is 1. The maximum absolute atomic E-state index is 14.6. The molecule has 1 heterocycles. The van der Waals surface area contributed by atoms with Crippen molar-refractivity contribution in [2.45, 2.75) is 133 Å². The molecule has 16 heteroatoms. The average molecular weight is 830 g/mol. The van der Waals surface area contributed by atoms with Crippen LogP contribution in [0.2, 0.25) is 18.1 Å². The molecule has 0 aromatic heterocycles. The van der Waals surface area contributed by atoms with Gasteiger partial charge in [-0.05, 0) is 77.6 Å². The fourth-order valence-corrected chi connectivity index (χ4v) is 12.5. The molecule has 0 aliphatic carbocycles. The third-order valence-electron chi connectivity index (χ3n) is 10.3. The van der Waals surface area contributed by atoms with Gasteiger partial charge in [0.25, 0.3) is 0 Å². The number of benzene rings is 3. The van der Waals surface area contributed by atoms with Gasteiger partial charge in [0.2, 0.25) is 0 Å². The van der Waals surface area contributed by atoms with Crippen LogP contribution in [0, 0.1) is 0 Å². The molecule has 0 amide bonds. The molecule has 312 valence electrons. The van der Waals surface area contributed by atoms with Gasteiger partial charge in [0.1, 0.15) is 5.60 Å². The molecular formula is C40H47F12NO2Si. The Morgan fingerprint density at radius 1 is 0.571 bits per heavy atom. The van der Waals surface area contributed by atoms with Crippen LogP contribution in [0.4, 0.5) is 52.7 Å². The lowest BCUT2D eigenvalue weighted by Crippen LogP contribution is -2.56. The van der Waals surface area contributed by atoms with Crippen LogP contribution in [0.15, 0.2) is 66.7 Å². The number of halogens is 12. The fourth-order valence-electron chi connectivity index (χ4n) is 7.39. The van der Waals surface area contributed by atoms with Gasteiger partial charge in [0.05, 0.1) is 35.0 Å². The Morgan fingerprint density at radius 3 is 1.30 bits per heavy atom. The van der Waals surface area contributed by atoms with E-state index in [-0.39, 0.29) is 31.7 Å². The van der Waals surface area contributed by atoms with E-state index in [1.54, 1.807) is 30.3 Å². The van der Waals surface area contributed by atoms with Crippen LogP contribution < -0.4 is 5.32 Å². The molecule has 1 fully saturated rings. The van der Waals surface area contributed by atoms with Crippen LogP contribution >= 0.6 is 0 Å². The minimum atomic E-state index is -5.39. The first-order valence-electron chi connectivity index (χ1n) is 18.8. The van der Waals surface area contributed by atoms with Crippen molar-refractivity contribution in [2.75, 3.05) is 6.54 Å². The van der Waals surface area contributed by atoms with E-state index >= 15 is 0 Å². The average Bonchev–Trinajstić information content (AvgIpc) is 3.61. The smallest absolute Gasteiger partial charge is 0.402 e. The first kappa shape index (κ1) is 45.6. The summed E-state index contributed by atoms with van der Waals surface area (Å²) in [4.78, 5) is 0. The Hall–Kier alpha value is -3.08. The van der Waals surface area contributed by atoms with Gasteiger partial charge in [-0.3, -0.25) is 0 Å². The van der Waals surface area contributed by atoms with Crippen LogP contribution in [-0.4, -0.2) is 27.0 Å². The minimum absolute atomic E-state index is 0.0273. The third-order valence-corrected chi connectivity index (χ3v) is 14.8. The molecule has 3 aromatic rings. The summed E-state index contributed by atoms with van der Waals surface area (Å²) in [6.45, 7) is 5.55. The second-order valence-electron chi connectivity index (χ2n) is 14.5. The maximum atomic E-state index is 14.6. The lowest BCUT2D eigenvalue weighted by atomic mass is 9.77. The van der Waals surface area contributed by atoms with Crippen molar-refractivity contribution < 1.29 is 61.8 Å². The van der Waals surface area contributed by atoms with E-state index in [2.05, 4.69) is 5.32 Å². The second-order valence-corrected chi connectivity index (χ2v) is 18.6. The van der Waals surface area contributed by atoms with Crippen molar-refractivity contribution in [3.05, 3.63) is 106 Å². The highest BCUT2D eigenvalue weighted by atomic mass is 28.4. The monoisotopic (exact) mass is 829 g/mol. The Labute approximate surface area is 320 Å². The molecule has 3 nitrogen and oxygen atoms in total. The van der Waals surface area contributed by atoms with Gasteiger partial charge in [0.15, 0.2) is 8.32 Å². The number of alkyl halides is 12. The highest BCUT2D eigenvalue weighted by molar-refractivity contribution is 6.74. The van der Waals surface area contributed by atoms with Crippen LogP contribution in [0.1, 0.15) is 105 Å². The summed E-state index contributed by atoms with van der Waals surface area (Å²) >= 11 is 0. The van der Waals surface area contributed by atoms with Gasteiger partial charge in [0, 0.05) is 12.6 Å². The zero-order valence-corrected chi connectivity index (χ0v) is 32.3. The van der Waals surface area contributed by atoms with Gasteiger partial charge >= 0.3 is 24.7 Å². The maximum Gasteiger partial charge on any atom is 0.416 e. The van der Waals surface area contributed by atoms with Crippen molar-refractivity contribution in [2.24, 2.45) is 0 Å². The number of hydrogen-bond acceptors (Lipinski definition) is 3. The Bertz CT molecular complexity index is 1540. The molecule has 0 spiro atoms. The number of ether oxygens (including phenoxy) is 1. The molecule has 2 atom stereocenters. The van der Waals surface area contributed by atoms with E-state index in [4.69, 9.17) is 9.16 Å². The normalized spacial score (nSPS) is 17.5. The van der Waals surface area contributed by atoms with Gasteiger partial charge in [-0.2, -0.15) is 52.7 Å². The number of unbranched alkanes of at least 4 members (excludes halogenated alkanes) is 3. The molecule has 56 heavy (non-hydrogen) atoms. The summed E-state index contributed by atoms with van der Waals surface area (Å²) in [6.07, 6.45) is -19.3. The third kappa shape index (κ3) is 11.3. The van der Waals surface area contributed by atoms with Crippen molar-refractivity contribution in [1.29, 1.82) is 0 Å². The van der Waals surface area contributed by atoms with Crippen LogP contribution in [0.5, 0.6) is 0 Å². The summed E-state index contributed by atoms with van der Waals surface area (Å²) < 4.78 is 188. The van der Waals surface area contributed by atoms with Crippen LogP contribution in [0.25, 0.3) is 0 Å². The Kier molecular flexibility index (Phi) is 14.9. The number of nitrogens with one attached hydrogen (secondary N) is 1. The van der Waals surface area contributed by atoms with E-state index < -0.39 is 84.2 Å². The van der Waals surface area contributed by atoms with E-state index in [0.717, 1.165) is 5.56 Å². The minimum Gasteiger partial charge on any atom is -0.402 e. The summed E-state index contributed by atoms with van der Waals surface area (Å²) in [7, 11) is -3.48. The highest BCUT2D eigenvalue weighted by Crippen LogP contribution is 2.51. The number of rotatable bonds is 17. The zero-order chi connectivity index (χ0) is 41.6. The van der Waals surface area contributed by atoms with E-state index in [1.807, 2.05) is 20.8 Å². The predicted molar refractivity (Wildman–Crippen MR) is 191 cm³/mol. The molecule has 0 bridgehead atoms. The van der Waals surface area contributed by atoms with Gasteiger partial charge in [-0.1, -0.05) is 89.6 Å². The van der Waals surface area contributed by atoms with E-state index in [1.165, 1.54) is 0 Å². The standard InChI is InChI=1S/C40H47F12NO2Si/c1-4-7-15-56(16-8-5-2,17-9-6-3)55-36(28-18-30(37(41,42)43)22-31(19-28)38(44,45)46,29-20-32(39(47,48)49)23-33(21-29)40(50,51)52)35-24-34(25-53-35)54-26-27-13-11-10-12-14-27/h10-14,18-23,34-35,53H,4-9,15-17,24-26H2,1-3H3/t34-,35-/m0/s1. The summed E-state index contributed by atoms with van der Waals surface area (Å²) in [5.41, 5.74) is -10.8. The van der Waals surface area contributed by atoms with Crippen LogP contribution in [0.3, 0.4) is 0 Å². The van der Waals surface area contributed by atoms with Crippen LogP contribution in [-0.2, 0) is 46.1 Å². The lowest BCUT2D eigenvalue weighted by molar-refractivity contribution is -0.144. The molecule has 4 rings (SSSR count). The first-order valence-corrected chi connectivity index (χ1v) is 21.3. The van der Waals surface area contributed by atoms with Crippen molar-refractivity contribution >= 4 is 8.32 Å². The highest BCUT2D eigenvalue weighted by Gasteiger charge is 2.54. The zero-order valence-electron chi connectivity index (χ0n) is 31.3. The molecule has 0 unspecified atom stereocenters. The second kappa shape index (κ2) is 18.2. The van der Waals surface area contributed by atoms with Crippen molar-refractivity contribution in [1.82, 2.24) is 5.32 Å². The Morgan fingerprint density at radius 2 is 0.946 bits per heavy atom. The van der Waals surface area contributed by atoms with Gasteiger partial charge in [-0.15, -0.1) is 0 Å². The molecular weight excluding hydrogens is 783 g/mol. The van der Waals surface area contributed by atoms with Crippen molar-refractivity contribution in [3.63, 3.8) is 0 Å². The summed E-state index contributed by atoms with van der Waals surface area (Å²) in [5, 5.41) is 3.05. The first-order chi connectivity index (χ1) is 26.1. The van der Waals surface area contributed by atoms with Gasteiger partial charge < -0.3 is 14.5 Å². The summed E-state index contributed by atoms with van der Waals surface area (Å²) in [6, 6.07) is 9.57. The predicted octanol–water partition coefficient (Wildman–Crippen LogP) is 13.3. The fraction of sp³-hybridized carbons (Fsp3) is 0.550. The van der Waals surface area contributed by atoms with Crippen molar-refractivity contribution in [3.8, 4) is 0 Å². The topological polar surface area (TPSA) is 30.5 Å². The Balaban J connectivity index is 2.17. The molecule has 1 saturated heterocycles.